The molecule has 172 valence electrons. The number of benzene rings is 2. The average Bonchev–Trinajstić information content (AvgIpc) is 2.81. The van der Waals surface area contributed by atoms with Crippen molar-refractivity contribution >= 4 is 0 Å². The van der Waals surface area contributed by atoms with Gasteiger partial charge in [-0.1, -0.05) is 24.3 Å². The molecule has 0 bridgehead atoms. The van der Waals surface area contributed by atoms with Crippen LogP contribution < -0.4 is 36.1 Å². The first-order chi connectivity index (χ1) is 15.3. The van der Waals surface area contributed by atoms with Gasteiger partial charge in [-0.2, -0.15) is 0 Å². The molecule has 0 unspecified atom stereocenters. The Kier molecular flexibility index (Phi) is 13.4. The van der Waals surface area contributed by atoms with E-state index in [1.54, 1.807) is 14.2 Å². The second-order valence-corrected chi connectivity index (χ2v) is 7.31. The highest BCUT2D eigenvalue weighted by molar-refractivity contribution is 5.29. The van der Waals surface area contributed by atoms with E-state index in [4.69, 9.17) is 9.47 Å². The van der Waals surface area contributed by atoms with Crippen molar-refractivity contribution in [2.45, 2.75) is 13.1 Å². The van der Waals surface area contributed by atoms with Crippen LogP contribution in [0.5, 0.6) is 11.5 Å². The average molecular weight is 430 g/mol. The van der Waals surface area contributed by atoms with Gasteiger partial charge in [0.1, 0.15) is 11.5 Å². The molecule has 0 amide bonds. The maximum Gasteiger partial charge on any atom is 0.119 e. The maximum absolute atomic E-state index is 5.24. The van der Waals surface area contributed by atoms with E-state index in [0.717, 1.165) is 76.9 Å². The van der Waals surface area contributed by atoms with Crippen molar-refractivity contribution in [2.75, 3.05) is 66.6 Å². The molecule has 31 heavy (non-hydrogen) atoms. The van der Waals surface area contributed by atoms with Gasteiger partial charge >= 0.3 is 0 Å². The highest BCUT2D eigenvalue weighted by Crippen LogP contribution is 2.12. The molecule has 0 fully saturated rings. The van der Waals surface area contributed by atoms with Gasteiger partial charge in [-0.3, -0.25) is 0 Å². The second-order valence-electron chi connectivity index (χ2n) is 7.31. The van der Waals surface area contributed by atoms with Crippen LogP contribution in [-0.2, 0) is 13.1 Å². The van der Waals surface area contributed by atoms with Crippen LogP contribution in [0.3, 0.4) is 0 Å². The largest absolute Gasteiger partial charge is 0.497 e. The molecule has 0 saturated carbocycles. The van der Waals surface area contributed by atoms with E-state index < -0.39 is 0 Å². The van der Waals surface area contributed by atoms with Crippen LogP contribution in [-0.4, -0.2) is 66.6 Å². The summed E-state index contributed by atoms with van der Waals surface area (Å²) >= 11 is 0. The minimum absolute atomic E-state index is 0.858. The third kappa shape index (κ3) is 11.7. The van der Waals surface area contributed by atoms with Gasteiger partial charge in [0.05, 0.1) is 14.2 Å². The fourth-order valence-electron chi connectivity index (χ4n) is 3.11. The maximum atomic E-state index is 5.24. The minimum atomic E-state index is 0.858. The topological polar surface area (TPSA) is 78.6 Å². The summed E-state index contributed by atoms with van der Waals surface area (Å²) in [5.74, 6) is 1.81. The first-order valence-electron chi connectivity index (χ1n) is 11.1. The van der Waals surface area contributed by atoms with Crippen LogP contribution in [0.15, 0.2) is 48.5 Å². The first kappa shape index (κ1) is 25.1. The Balaban J connectivity index is 1.32. The van der Waals surface area contributed by atoms with Crippen molar-refractivity contribution in [2.24, 2.45) is 0 Å². The lowest BCUT2D eigenvalue weighted by Crippen LogP contribution is -2.36. The molecule has 0 spiro atoms. The highest BCUT2D eigenvalue weighted by Gasteiger charge is 1.97. The van der Waals surface area contributed by atoms with E-state index in [1.165, 1.54) is 11.1 Å². The number of nitrogens with one attached hydrogen (secondary N) is 5. The summed E-state index contributed by atoms with van der Waals surface area (Å²) in [4.78, 5) is 0. The van der Waals surface area contributed by atoms with E-state index in [9.17, 15) is 0 Å². The Bertz CT molecular complexity index is 654. The number of rotatable bonds is 18. The molecule has 7 heteroatoms. The van der Waals surface area contributed by atoms with Crippen molar-refractivity contribution < 1.29 is 9.47 Å². The number of hydrogen-bond donors (Lipinski definition) is 5. The van der Waals surface area contributed by atoms with E-state index in [0.29, 0.717) is 0 Å². The predicted octanol–water partition coefficient (Wildman–Crippen LogP) is 1.35. The van der Waals surface area contributed by atoms with E-state index >= 15 is 0 Å². The first-order valence-corrected chi connectivity index (χ1v) is 11.1. The molecular formula is C24H39N5O2. The fraction of sp³-hybridized carbons (Fsp3) is 0.500. The van der Waals surface area contributed by atoms with Crippen LogP contribution in [0.2, 0.25) is 0 Å². The lowest BCUT2D eigenvalue weighted by atomic mass is 10.2. The summed E-state index contributed by atoms with van der Waals surface area (Å²) in [6.45, 7) is 9.44. The predicted molar refractivity (Wildman–Crippen MR) is 128 cm³/mol. The quantitative estimate of drug-likeness (QED) is 0.229. The van der Waals surface area contributed by atoms with Gasteiger partial charge in [0, 0.05) is 65.4 Å². The lowest BCUT2D eigenvalue weighted by molar-refractivity contribution is 0.414. The normalized spacial score (nSPS) is 10.9. The van der Waals surface area contributed by atoms with E-state index in [-0.39, 0.29) is 0 Å². The summed E-state index contributed by atoms with van der Waals surface area (Å²) in [5, 5.41) is 17.2. The Hall–Kier alpha value is -2.16. The zero-order chi connectivity index (χ0) is 22.0. The molecule has 0 aliphatic heterocycles. The molecule has 2 aromatic carbocycles. The van der Waals surface area contributed by atoms with Gasteiger partial charge in [0.15, 0.2) is 0 Å². The number of ether oxygens (including phenoxy) is 2. The zero-order valence-electron chi connectivity index (χ0n) is 19.0. The molecule has 7 nitrogen and oxygen atoms in total. The van der Waals surface area contributed by atoms with E-state index in [1.807, 2.05) is 24.3 Å². The standard InChI is InChI=1S/C24H39N5O2/c1-30-23-7-3-5-21(17-23)19-28-15-13-26-11-9-25-10-12-27-14-16-29-20-22-6-4-8-24(18-22)31-2/h3-8,17-18,25-29H,9-16,19-20H2,1-2H3. The van der Waals surface area contributed by atoms with Crippen LogP contribution in [0, 0.1) is 0 Å². The van der Waals surface area contributed by atoms with Crippen molar-refractivity contribution in [3.63, 3.8) is 0 Å². The van der Waals surface area contributed by atoms with Crippen LogP contribution in [0.1, 0.15) is 11.1 Å². The minimum Gasteiger partial charge on any atom is -0.497 e. The zero-order valence-corrected chi connectivity index (χ0v) is 19.0. The number of hydrogen-bond acceptors (Lipinski definition) is 7. The molecule has 2 rings (SSSR count). The van der Waals surface area contributed by atoms with Gasteiger partial charge in [-0.15, -0.1) is 0 Å². The fourth-order valence-corrected chi connectivity index (χ4v) is 3.11. The number of methoxy groups -OCH3 is 2. The molecule has 0 radical (unpaired) electrons. The summed E-state index contributed by atoms with van der Waals surface area (Å²) in [7, 11) is 3.39. The molecule has 0 aliphatic rings. The van der Waals surface area contributed by atoms with Crippen LogP contribution >= 0.6 is 0 Å². The van der Waals surface area contributed by atoms with Crippen molar-refractivity contribution in [3.05, 3.63) is 59.7 Å². The molecule has 0 atom stereocenters. The van der Waals surface area contributed by atoms with Gasteiger partial charge < -0.3 is 36.1 Å². The molecule has 0 aliphatic carbocycles. The third-order valence-corrected chi connectivity index (χ3v) is 4.84. The Morgan fingerprint density at radius 3 is 1.23 bits per heavy atom. The molecule has 0 aromatic heterocycles. The van der Waals surface area contributed by atoms with Crippen molar-refractivity contribution in [1.29, 1.82) is 0 Å². The highest BCUT2D eigenvalue weighted by atomic mass is 16.5. The summed E-state index contributed by atoms with van der Waals surface area (Å²) in [6.07, 6.45) is 0. The van der Waals surface area contributed by atoms with Gasteiger partial charge in [0.2, 0.25) is 0 Å². The molecule has 2 aromatic rings. The van der Waals surface area contributed by atoms with Crippen molar-refractivity contribution in [1.82, 2.24) is 26.6 Å². The van der Waals surface area contributed by atoms with Crippen LogP contribution in [0.25, 0.3) is 0 Å². The Labute approximate surface area is 187 Å². The monoisotopic (exact) mass is 429 g/mol. The van der Waals surface area contributed by atoms with Crippen molar-refractivity contribution in [3.8, 4) is 11.5 Å². The Morgan fingerprint density at radius 1 is 0.516 bits per heavy atom. The summed E-state index contributed by atoms with van der Waals surface area (Å²) in [6, 6.07) is 16.3. The van der Waals surface area contributed by atoms with Gasteiger partial charge in [-0.25, -0.2) is 0 Å². The second kappa shape index (κ2) is 16.5. The Morgan fingerprint density at radius 2 is 0.871 bits per heavy atom. The summed E-state index contributed by atoms with van der Waals surface area (Å²) < 4.78 is 10.5. The SMILES string of the molecule is COc1cccc(CNCCNCCNCCNCCNCc2cccc(OC)c2)c1. The van der Waals surface area contributed by atoms with Gasteiger partial charge in [0.25, 0.3) is 0 Å². The van der Waals surface area contributed by atoms with Gasteiger partial charge in [-0.05, 0) is 35.4 Å². The smallest absolute Gasteiger partial charge is 0.119 e. The van der Waals surface area contributed by atoms with Crippen LogP contribution in [0.4, 0.5) is 0 Å². The van der Waals surface area contributed by atoms with E-state index in [2.05, 4.69) is 50.8 Å². The third-order valence-electron chi connectivity index (χ3n) is 4.84. The molecular weight excluding hydrogens is 390 g/mol. The summed E-state index contributed by atoms with van der Waals surface area (Å²) in [5.41, 5.74) is 2.48. The molecule has 0 heterocycles. The lowest BCUT2D eigenvalue weighted by Gasteiger charge is -2.10. The molecule has 5 N–H and O–H groups in total. The molecule has 0 saturated heterocycles.